The van der Waals surface area contributed by atoms with Gasteiger partial charge in [0.05, 0.1) is 0 Å². The van der Waals surface area contributed by atoms with E-state index in [1.165, 1.54) is 0 Å². The van der Waals surface area contributed by atoms with Crippen LogP contribution in [0.3, 0.4) is 0 Å². The third-order valence-corrected chi connectivity index (χ3v) is 6.16. The number of hydrogen-bond donors (Lipinski definition) is 0. The highest BCUT2D eigenvalue weighted by atomic mass is 31.2. The van der Waals surface area contributed by atoms with Gasteiger partial charge in [0.2, 0.25) is 7.29 Å². The number of nitrogens with zero attached hydrogens (tertiary/aromatic N) is 2. The highest BCUT2D eigenvalue weighted by molar-refractivity contribution is 7.77. The zero-order valence-electron chi connectivity index (χ0n) is 12.8. The van der Waals surface area contributed by atoms with E-state index in [-0.39, 0.29) is 0 Å². The molecule has 3 rings (SSSR count). The van der Waals surface area contributed by atoms with Crippen molar-refractivity contribution in [2.75, 3.05) is 0 Å². The zero-order chi connectivity index (χ0) is 16.1. The molecule has 114 valence electrons. The smallest absolute Gasteiger partial charge is 0.247 e. The highest BCUT2D eigenvalue weighted by Crippen LogP contribution is 2.45. The van der Waals surface area contributed by atoms with Gasteiger partial charge in [0.25, 0.3) is 0 Å². The first kappa shape index (κ1) is 15.4. The van der Waals surface area contributed by atoms with E-state index in [1.807, 2.05) is 79.7 Å². The predicted octanol–water partition coefficient (Wildman–Crippen LogP) is 3.82. The lowest BCUT2D eigenvalue weighted by Crippen LogP contribution is -2.15. The molecule has 0 aliphatic rings. The summed E-state index contributed by atoms with van der Waals surface area (Å²) in [5, 5.41) is 1.46. The number of aromatic nitrogens is 1. The minimum absolute atomic E-state index is 0.717. The first-order chi connectivity index (χ1) is 11.2. The largest absolute Gasteiger partial charge is 0.288 e. The third kappa shape index (κ3) is 3.30. The molecule has 0 saturated heterocycles. The van der Waals surface area contributed by atoms with Gasteiger partial charge in [0, 0.05) is 34.3 Å². The SMILES string of the molecule is C/C(=N/P(=O)(c1ccccc1)c1ccccc1)c1cccnc1. The van der Waals surface area contributed by atoms with Crippen LogP contribution in [0.15, 0.2) is 90.0 Å². The molecule has 0 unspecified atom stereocenters. The Morgan fingerprint density at radius 3 is 1.91 bits per heavy atom. The molecule has 3 nitrogen and oxygen atoms in total. The van der Waals surface area contributed by atoms with Crippen LogP contribution in [0.5, 0.6) is 0 Å². The molecular formula is C19H17N2OP. The van der Waals surface area contributed by atoms with Crippen molar-refractivity contribution in [3.8, 4) is 0 Å². The second-order valence-electron chi connectivity index (χ2n) is 5.17. The van der Waals surface area contributed by atoms with E-state index in [0.29, 0.717) is 5.71 Å². The second kappa shape index (κ2) is 6.72. The average molecular weight is 320 g/mol. The molecule has 0 N–H and O–H groups in total. The van der Waals surface area contributed by atoms with Gasteiger partial charge in [-0.3, -0.25) is 9.55 Å². The first-order valence-electron chi connectivity index (χ1n) is 7.39. The van der Waals surface area contributed by atoms with Gasteiger partial charge < -0.3 is 0 Å². The van der Waals surface area contributed by atoms with Gasteiger partial charge in [-0.15, -0.1) is 0 Å². The molecule has 0 aliphatic heterocycles. The third-order valence-electron chi connectivity index (χ3n) is 3.58. The van der Waals surface area contributed by atoms with Crippen molar-refractivity contribution in [3.05, 3.63) is 90.8 Å². The number of hydrogen-bond acceptors (Lipinski definition) is 2. The summed E-state index contributed by atoms with van der Waals surface area (Å²) in [6, 6.07) is 22.6. The molecular weight excluding hydrogens is 303 g/mol. The van der Waals surface area contributed by atoms with Gasteiger partial charge in [-0.25, -0.2) is 4.76 Å². The fraction of sp³-hybridized carbons (Fsp3) is 0.0526. The van der Waals surface area contributed by atoms with Gasteiger partial charge in [-0.1, -0.05) is 42.5 Å². The minimum atomic E-state index is -3.09. The lowest BCUT2D eigenvalue weighted by atomic mass is 10.2. The molecule has 1 heterocycles. The number of rotatable bonds is 4. The normalized spacial score (nSPS) is 12.1. The number of benzene rings is 2. The Labute approximate surface area is 136 Å². The summed E-state index contributed by atoms with van der Waals surface area (Å²) in [5.41, 5.74) is 1.59. The number of pyridine rings is 1. The van der Waals surface area contributed by atoms with E-state index in [9.17, 15) is 4.57 Å². The molecule has 0 aliphatic carbocycles. The quantitative estimate of drug-likeness (QED) is 0.542. The van der Waals surface area contributed by atoms with E-state index >= 15 is 0 Å². The molecule has 2 aromatic carbocycles. The van der Waals surface area contributed by atoms with E-state index in [2.05, 4.69) is 9.75 Å². The fourth-order valence-electron chi connectivity index (χ4n) is 2.37. The summed E-state index contributed by atoms with van der Waals surface area (Å²) in [5.74, 6) is 0. The van der Waals surface area contributed by atoms with Crippen molar-refractivity contribution < 1.29 is 4.57 Å². The lowest BCUT2D eigenvalue weighted by molar-refractivity contribution is 0.588. The Bertz CT molecular complexity index is 803. The van der Waals surface area contributed by atoms with Crippen molar-refractivity contribution >= 4 is 23.6 Å². The van der Waals surface area contributed by atoms with Gasteiger partial charge in [-0.2, -0.15) is 0 Å². The summed E-state index contributed by atoms with van der Waals surface area (Å²) in [4.78, 5) is 4.11. The van der Waals surface area contributed by atoms with E-state index < -0.39 is 7.29 Å². The van der Waals surface area contributed by atoms with Crippen LogP contribution in [0, 0.1) is 0 Å². The van der Waals surface area contributed by atoms with E-state index in [1.54, 1.807) is 12.4 Å². The molecule has 1 aromatic heterocycles. The van der Waals surface area contributed by atoms with Crippen LogP contribution in [-0.4, -0.2) is 10.7 Å². The van der Waals surface area contributed by atoms with Crippen LogP contribution in [0.4, 0.5) is 0 Å². The molecule has 0 spiro atoms. The van der Waals surface area contributed by atoms with E-state index in [4.69, 9.17) is 0 Å². The molecule has 23 heavy (non-hydrogen) atoms. The van der Waals surface area contributed by atoms with Gasteiger partial charge in [0.15, 0.2) is 0 Å². The Morgan fingerprint density at radius 1 is 0.870 bits per heavy atom. The Morgan fingerprint density at radius 2 is 1.43 bits per heavy atom. The Hall–Kier alpha value is -2.51. The van der Waals surface area contributed by atoms with Crippen LogP contribution < -0.4 is 10.6 Å². The summed E-state index contributed by atoms with van der Waals surface area (Å²) in [6.45, 7) is 1.87. The van der Waals surface area contributed by atoms with Crippen LogP contribution in [0.1, 0.15) is 12.5 Å². The van der Waals surface area contributed by atoms with Gasteiger partial charge >= 0.3 is 0 Å². The van der Waals surface area contributed by atoms with Crippen molar-refractivity contribution in [3.63, 3.8) is 0 Å². The molecule has 0 saturated carbocycles. The van der Waals surface area contributed by atoms with Crippen LogP contribution >= 0.6 is 7.29 Å². The summed E-state index contributed by atoms with van der Waals surface area (Å²) >= 11 is 0. The van der Waals surface area contributed by atoms with E-state index in [0.717, 1.165) is 16.2 Å². The van der Waals surface area contributed by atoms with Crippen LogP contribution in [0.25, 0.3) is 0 Å². The van der Waals surface area contributed by atoms with Gasteiger partial charge in [-0.05, 0) is 37.3 Å². The highest BCUT2D eigenvalue weighted by Gasteiger charge is 2.26. The molecule has 0 bridgehead atoms. The lowest BCUT2D eigenvalue weighted by Gasteiger charge is -2.16. The first-order valence-corrected chi connectivity index (χ1v) is 9.04. The summed E-state index contributed by atoms with van der Waals surface area (Å²) in [7, 11) is -3.09. The topological polar surface area (TPSA) is 42.3 Å². The zero-order valence-corrected chi connectivity index (χ0v) is 13.7. The van der Waals surface area contributed by atoms with Crippen LogP contribution in [-0.2, 0) is 4.57 Å². The summed E-state index contributed by atoms with van der Waals surface area (Å²) < 4.78 is 18.4. The van der Waals surface area contributed by atoms with Crippen molar-refractivity contribution in [2.45, 2.75) is 6.92 Å². The maximum absolute atomic E-state index is 13.8. The second-order valence-corrected chi connectivity index (χ2v) is 7.56. The minimum Gasteiger partial charge on any atom is -0.288 e. The fourth-order valence-corrected chi connectivity index (χ4v) is 4.59. The molecule has 3 aromatic rings. The molecule has 0 atom stereocenters. The van der Waals surface area contributed by atoms with Crippen molar-refractivity contribution in [2.24, 2.45) is 4.76 Å². The molecule has 0 radical (unpaired) electrons. The molecule has 4 heteroatoms. The van der Waals surface area contributed by atoms with Crippen LogP contribution in [0.2, 0.25) is 0 Å². The Balaban J connectivity index is 2.16. The Kier molecular flexibility index (Phi) is 4.50. The average Bonchev–Trinajstić information content (AvgIpc) is 2.64. The molecule has 0 fully saturated rings. The standard InChI is InChI=1S/C19H17N2OP/c1-16(17-9-8-14-20-15-17)21-23(22,18-10-4-2-5-11-18)19-12-6-3-7-13-19/h2-15H,1H3/b21-16-. The van der Waals surface area contributed by atoms with Gasteiger partial charge in [0.1, 0.15) is 0 Å². The predicted molar refractivity (Wildman–Crippen MR) is 96.2 cm³/mol. The molecule has 0 amide bonds. The monoisotopic (exact) mass is 320 g/mol. The summed E-state index contributed by atoms with van der Waals surface area (Å²) in [6.07, 6.45) is 3.45. The van der Waals surface area contributed by atoms with Crippen molar-refractivity contribution in [1.82, 2.24) is 4.98 Å². The van der Waals surface area contributed by atoms with Crippen molar-refractivity contribution in [1.29, 1.82) is 0 Å². The maximum Gasteiger partial charge on any atom is 0.247 e. The maximum atomic E-state index is 13.8.